The van der Waals surface area contributed by atoms with Gasteiger partial charge in [-0.3, -0.25) is 4.79 Å². The van der Waals surface area contributed by atoms with Gasteiger partial charge in [-0.15, -0.1) is 11.3 Å². The topological polar surface area (TPSA) is 54.0 Å². The Morgan fingerprint density at radius 2 is 1.91 bits per heavy atom. The third kappa shape index (κ3) is 4.50. The highest BCUT2D eigenvalue weighted by Gasteiger charge is 2.22. The zero-order valence-electron chi connectivity index (χ0n) is 12.4. The molecule has 7 heteroatoms. The molecule has 2 N–H and O–H groups in total. The number of carbonyl (C=O) groups is 1. The van der Waals surface area contributed by atoms with Crippen LogP contribution in [0.3, 0.4) is 0 Å². The Bertz CT molecular complexity index is 690. The molecule has 0 bridgehead atoms. The van der Waals surface area contributed by atoms with Gasteiger partial charge in [-0.25, -0.2) is 4.98 Å². The molecule has 0 aliphatic carbocycles. The second-order valence-corrected chi connectivity index (χ2v) is 7.41. The van der Waals surface area contributed by atoms with Crippen molar-refractivity contribution >= 4 is 51.3 Å². The number of hydrogen-bond donors (Lipinski definition) is 2. The lowest BCUT2D eigenvalue weighted by molar-refractivity contribution is -0.126. The highest BCUT2D eigenvalue weighted by Crippen LogP contribution is 2.26. The Kier molecular flexibility index (Phi) is 5.16. The lowest BCUT2D eigenvalue weighted by Gasteiger charge is -2.17. The maximum Gasteiger partial charge on any atom is 0.231 e. The molecule has 1 aromatic carbocycles. The summed E-state index contributed by atoms with van der Waals surface area (Å²) in [6, 6.07) is 7.44. The van der Waals surface area contributed by atoms with Crippen molar-refractivity contribution in [1.29, 1.82) is 0 Å². The van der Waals surface area contributed by atoms with E-state index in [0.717, 1.165) is 11.3 Å². The van der Waals surface area contributed by atoms with Crippen LogP contribution < -0.4 is 10.6 Å². The fourth-order valence-corrected chi connectivity index (χ4v) is 2.61. The maximum absolute atomic E-state index is 11.9. The number of hydrogen-bond acceptors (Lipinski definition) is 4. The molecule has 0 unspecified atom stereocenters. The van der Waals surface area contributed by atoms with Gasteiger partial charge in [-0.2, -0.15) is 0 Å². The molecule has 2 aromatic rings. The van der Waals surface area contributed by atoms with E-state index < -0.39 is 5.41 Å². The first kappa shape index (κ1) is 16.9. The molecule has 1 heterocycles. The smallest absolute Gasteiger partial charge is 0.231 e. The Morgan fingerprint density at radius 3 is 2.50 bits per heavy atom. The number of anilines is 1. The number of nitrogens with zero attached hydrogens (tertiary/aromatic N) is 1. The van der Waals surface area contributed by atoms with Crippen LogP contribution in [0, 0.1) is 5.41 Å². The predicted octanol–water partition coefficient (Wildman–Crippen LogP) is 4.32. The Morgan fingerprint density at radius 1 is 1.27 bits per heavy atom. The molecule has 0 atom stereocenters. The van der Waals surface area contributed by atoms with Crippen molar-refractivity contribution in [1.82, 2.24) is 10.3 Å². The zero-order valence-corrected chi connectivity index (χ0v) is 14.8. The number of carbonyl (C=O) groups excluding carboxylic acids is 1. The van der Waals surface area contributed by atoms with E-state index in [4.69, 9.17) is 23.8 Å². The molecule has 0 aliphatic heterocycles. The second kappa shape index (κ2) is 6.73. The van der Waals surface area contributed by atoms with Crippen molar-refractivity contribution in [2.24, 2.45) is 5.41 Å². The van der Waals surface area contributed by atoms with E-state index in [0.29, 0.717) is 10.2 Å². The van der Waals surface area contributed by atoms with Gasteiger partial charge >= 0.3 is 0 Å². The Balaban J connectivity index is 2.02. The number of halogens is 1. The molecule has 0 fully saturated rings. The molecule has 4 nitrogen and oxygen atoms in total. The number of thiocarbonyl (C=S) groups is 1. The van der Waals surface area contributed by atoms with Gasteiger partial charge in [-0.05, 0) is 24.4 Å². The lowest BCUT2D eigenvalue weighted by atomic mass is 9.96. The summed E-state index contributed by atoms with van der Waals surface area (Å²) in [7, 11) is 0. The van der Waals surface area contributed by atoms with Crippen LogP contribution in [0.15, 0.2) is 29.6 Å². The molecule has 1 aromatic heterocycles. The quantitative estimate of drug-likeness (QED) is 0.789. The van der Waals surface area contributed by atoms with Gasteiger partial charge in [0, 0.05) is 21.4 Å². The van der Waals surface area contributed by atoms with Gasteiger partial charge in [-0.1, -0.05) is 44.5 Å². The van der Waals surface area contributed by atoms with E-state index in [1.807, 2.05) is 50.4 Å². The molecule has 22 heavy (non-hydrogen) atoms. The van der Waals surface area contributed by atoms with Crippen molar-refractivity contribution < 1.29 is 4.79 Å². The van der Waals surface area contributed by atoms with Crippen LogP contribution in [0.4, 0.5) is 5.13 Å². The van der Waals surface area contributed by atoms with E-state index in [1.165, 1.54) is 11.3 Å². The molecular weight excluding hydrogens is 338 g/mol. The fraction of sp³-hybridized carbons (Fsp3) is 0.267. The number of rotatable bonds is 2. The van der Waals surface area contributed by atoms with Gasteiger partial charge < -0.3 is 10.6 Å². The standard InChI is InChI=1S/C15H16ClN3OS2/c1-15(2,3)12(20)18-13(21)19-14-17-11(8-22-14)9-4-6-10(16)7-5-9/h4-8H,1-3H3,(H2,17,18,19,20,21). The monoisotopic (exact) mass is 353 g/mol. The average Bonchev–Trinajstić information content (AvgIpc) is 2.86. The molecule has 1 amide bonds. The molecule has 0 aliphatic rings. The van der Waals surface area contributed by atoms with Gasteiger partial charge in [0.15, 0.2) is 10.2 Å². The number of benzene rings is 1. The van der Waals surface area contributed by atoms with Gasteiger partial charge in [0.2, 0.25) is 5.91 Å². The van der Waals surface area contributed by atoms with Crippen LogP contribution in [0.5, 0.6) is 0 Å². The summed E-state index contributed by atoms with van der Waals surface area (Å²) < 4.78 is 0. The third-order valence-corrected chi connectivity index (χ3v) is 3.99. The fourth-order valence-electron chi connectivity index (χ4n) is 1.50. The number of nitrogens with one attached hydrogen (secondary N) is 2. The maximum atomic E-state index is 11.9. The van der Waals surface area contributed by atoms with Gasteiger partial charge in [0.25, 0.3) is 0 Å². The molecule has 116 valence electrons. The third-order valence-electron chi connectivity index (χ3n) is 2.77. The molecule has 0 saturated carbocycles. The second-order valence-electron chi connectivity index (χ2n) is 5.70. The lowest BCUT2D eigenvalue weighted by Crippen LogP contribution is -2.41. The number of amides is 1. The van der Waals surface area contributed by atoms with Crippen LogP contribution in [-0.4, -0.2) is 16.0 Å². The SMILES string of the molecule is CC(C)(C)C(=O)NC(=S)Nc1nc(-c2ccc(Cl)cc2)cs1. The van der Waals surface area contributed by atoms with E-state index in [2.05, 4.69) is 15.6 Å². The average molecular weight is 354 g/mol. The van der Waals surface area contributed by atoms with Crippen molar-refractivity contribution in [3.63, 3.8) is 0 Å². The summed E-state index contributed by atoms with van der Waals surface area (Å²) in [5.74, 6) is -0.139. The van der Waals surface area contributed by atoms with Crippen LogP contribution in [0.2, 0.25) is 5.02 Å². The summed E-state index contributed by atoms with van der Waals surface area (Å²) in [6.45, 7) is 5.48. The normalized spacial score (nSPS) is 11.1. The summed E-state index contributed by atoms with van der Waals surface area (Å²) in [5, 5.41) is 9.06. The van der Waals surface area contributed by atoms with E-state index in [9.17, 15) is 4.79 Å². The van der Waals surface area contributed by atoms with E-state index >= 15 is 0 Å². The zero-order chi connectivity index (χ0) is 16.3. The van der Waals surface area contributed by atoms with Crippen LogP contribution in [0.25, 0.3) is 11.3 Å². The minimum Gasteiger partial charge on any atom is -0.308 e. The molecule has 0 radical (unpaired) electrons. The van der Waals surface area contributed by atoms with Crippen LogP contribution in [-0.2, 0) is 4.79 Å². The van der Waals surface area contributed by atoms with Crippen LogP contribution >= 0.6 is 35.2 Å². The predicted molar refractivity (Wildman–Crippen MR) is 96.4 cm³/mol. The van der Waals surface area contributed by atoms with Gasteiger partial charge in [0.1, 0.15) is 0 Å². The summed E-state index contributed by atoms with van der Waals surface area (Å²) in [6.07, 6.45) is 0. The first-order valence-corrected chi connectivity index (χ1v) is 8.26. The molecular formula is C15H16ClN3OS2. The Hall–Kier alpha value is -1.50. The number of aromatic nitrogens is 1. The van der Waals surface area contributed by atoms with E-state index in [-0.39, 0.29) is 11.0 Å². The Labute approximate surface area is 143 Å². The van der Waals surface area contributed by atoms with Gasteiger partial charge in [0.05, 0.1) is 5.69 Å². The molecule has 2 rings (SSSR count). The summed E-state index contributed by atoms with van der Waals surface area (Å²) in [4.78, 5) is 16.3. The van der Waals surface area contributed by atoms with Crippen molar-refractivity contribution in [2.45, 2.75) is 20.8 Å². The van der Waals surface area contributed by atoms with Crippen molar-refractivity contribution in [3.8, 4) is 11.3 Å². The highest BCUT2D eigenvalue weighted by atomic mass is 35.5. The minimum absolute atomic E-state index is 0.139. The number of thiazole rings is 1. The van der Waals surface area contributed by atoms with Crippen LogP contribution in [0.1, 0.15) is 20.8 Å². The van der Waals surface area contributed by atoms with E-state index in [1.54, 1.807) is 0 Å². The molecule has 0 saturated heterocycles. The largest absolute Gasteiger partial charge is 0.308 e. The van der Waals surface area contributed by atoms with Crippen molar-refractivity contribution in [3.05, 3.63) is 34.7 Å². The summed E-state index contributed by atoms with van der Waals surface area (Å²) in [5.41, 5.74) is 1.30. The van der Waals surface area contributed by atoms with Crippen molar-refractivity contribution in [2.75, 3.05) is 5.32 Å². The summed E-state index contributed by atoms with van der Waals surface area (Å²) >= 11 is 12.4. The minimum atomic E-state index is -0.497. The molecule has 0 spiro atoms. The first-order valence-electron chi connectivity index (χ1n) is 6.59. The highest BCUT2D eigenvalue weighted by molar-refractivity contribution is 7.80. The first-order chi connectivity index (χ1) is 10.3.